The van der Waals surface area contributed by atoms with Crippen LogP contribution < -0.4 is 0 Å². The first-order valence-electron chi connectivity index (χ1n) is 12.1. The number of amides is 2. The van der Waals surface area contributed by atoms with Crippen LogP contribution in [0.4, 0.5) is 8.78 Å². The summed E-state index contributed by atoms with van der Waals surface area (Å²) in [6.07, 6.45) is -0.670. The Morgan fingerprint density at radius 1 is 0.892 bits per heavy atom. The number of rotatable bonds is 3. The maximum absolute atomic E-state index is 14.0. The van der Waals surface area contributed by atoms with Crippen molar-refractivity contribution in [2.75, 3.05) is 39.4 Å². The predicted octanol–water partition coefficient (Wildman–Crippen LogP) is 1.84. The second kappa shape index (κ2) is 13.9. The molecule has 2 amide bonds. The molecule has 3 atom stereocenters. The summed E-state index contributed by atoms with van der Waals surface area (Å²) >= 11 is 0. The smallest absolute Gasteiger partial charge is 0.254 e. The molecule has 10 heteroatoms. The summed E-state index contributed by atoms with van der Waals surface area (Å²) in [4.78, 5) is 28.9. The molecule has 0 aliphatic carbocycles. The van der Waals surface area contributed by atoms with Crippen LogP contribution in [-0.2, 0) is 9.53 Å². The van der Waals surface area contributed by atoms with E-state index in [2.05, 4.69) is 0 Å². The Balaban J connectivity index is 1.81. The molecule has 1 aliphatic heterocycles. The lowest BCUT2D eigenvalue weighted by atomic mass is 10.1. The van der Waals surface area contributed by atoms with Crippen molar-refractivity contribution in [3.8, 4) is 0 Å². The molecule has 0 aromatic heterocycles. The number of hydrogen-bond donors (Lipinski definition) is 3. The Bertz CT molecular complexity index is 1070. The Morgan fingerprint density at radius 2 is 1.59 bits per heavy atom. The maximum atomic E-state index is 14.0. The lowest BCUT2D eigenvalue weighted by Crippen LogP contribution is -2.49. The minimum Gasteiger partial charge on any atom is -0.388 e. The summed E-state index contributed by atoms with van der Waals surface area (Å²) in [6, 6.07) is 10.9. The number of carbonyl (C=O) groups is 2. The molecule has 0 spiro atoms. The number of hydrogen-bond acceptors (Lipinski definition) is 6. The van der Waals surface area contributed by atoms with Crippen LogP contribution in [0.3, 0.4) is 0 Å². The third-order valence-corrected chi connectivity index (χ3v) is 6.09. The van der Waals surface area contributed by atoms with Crippen molar-refractivity contribution in [1.29, 1.82) is 0 Å². The highest BCUT2D eigenvalue weighted by atomic mass is 19.1. The van der Waals surface area contributed by atoms with Gasteiger partial charge < -0.3 is 29.9 Å². The lowest BCUT2D eigenvalue weighted by molar-refractivity contribution is -0.126. The van der Waals surface area contributed by atoms with E-state index in [4.69, 9.17) is 4.74 Å². The summed E-state index contributed by atoms with van der Waals surface area (Å²) in [5, 5.41) is 31.0. The van der Waals surface area contributed by atoms with Crippen LogP contribution in [0, 0.1) is 11.6 Å². The van der Waals surface area contributed by atoms with Crippen molar-refractivity contribution in [3.05, 3.63) is 77.4 Å². The van der Waals surface area contributed by atoms with Crippen LogP contribution in [0.5, 0.6) is 0 Å². The molecular weight excluding hydrogens is 486 g/mol. The highest BCUT2D eigenvalue weighted by Crippen LogP contribution is 2.13. The fourth-order valence-electron chi connectivity index (χ4n) is 3.90. The molecule has 1 heterocycles. The molecule has 1 fully saturated rings. The van der Waals surface area contributed by atoms with Gasteiger partial charge in [-0.3, -0.25) is 9.59 Å². The fraction of sp³-hybridized carbons (Fsp3) is 0.407. The van der Waals surface area contributed by atoms with Crippen molar-refractivity contribution < 1.29 is 38.4 Å². The SMILES string of the molecule is O=C(/C=C/c1ccccc1F)N1CCCCOC[C@@H](O)[C@H](O)[C@@H](O)CN(C(=O)c2ccc(F)cc2)CC1. The highest BCUT2D eigenvalue weighted by Gasteiger charge is 2.29. The van der Waals surface area contributed by atoms with E-state index in [0.717, 1.165) is 12.1 Å². The molecule has 200 valence electrons. The molecular formula is C27H32F2N2O6. The molecule has 0 bridgehead atoms. The molecule has 1 aliphatic rings. The number of ether oxygens (including phenoxy) is 1. The van der Waals surface area contributed by atoms with Gasteiger partial charge >= 0.3 is 0 Å². The average molecular weight is 519 g/mol. The first-order chi connectivity index (χ1) is 17.8. The van der Waals surface area contributed by atoms with E-state index in [1.54, 1.807) is 18.2 Å². The zero-order chi connectivity index (χ0) is 26.8. The van der Waals surface area contributed by atoms with Gasteiger partial charge in [0.25, 0.3) is 5.91 Å². The largest absolute Gasteiger partial charge is 0.388 e. The molecule has 2 aromatic rings. The van der Waals surface area contributed by atoms with Crippen LogP contribution in [0.2, 0.25) is 0 Å². The van der Waals surface area contributed by atoms with E-state index < -0.39 is 35.9 Å². The molecule has 0 radical (unpaired) electrons. The quantitative estimate of drug-likeness (QED) is 0.535. The van der Waals surface area contributed by atoms with E-state index in [1.807, 2.05) is 0 Å². The lowest BCUT2D eigenvalue weighted by Gasteiger charge is -2.32. The van der Waals surface area contributed by atoms with Gasteiger partial charge in [-0.05, 0) is 49.2 Å². The monoisotopic (exact) mass is 518 g/mol. The van der Waals surface area contributed by atoms with Gasteiger partial charge in [0.2, 0.25) is 5.91 Å². The molecule has 8 nitrogen and oxygen atoms in total. The van der Waals surface area contributed by atoms with Crippen LogP contribution in [0.15, 0.2) is 54.6 Å². The van der Waals surface area contributed by atoms with Crippen LogP contribution in [-0.4, -0.2) is 94.6 Å². The minimum atomic E-state index is -1.58. The average Bonchev–Trinajstić information content (AvgIpc) is 2.89. The molecule has 0 unspecified atom stereocenters. The Morgan fingerprint density at radius 3 is 2.32 bits per heavy atom. The van der Waals surface area contributed by atoms with E-state index in [-0.39, 0.29) is 49.9 Å². The fourth-order valence-corrected chi connectivity index (χ4v) is 3.90. The normalized spacial score (nSPS) is 22.6. The van der Waals surface area contributed by atoms with E-state index in [9.17, 15) is 33.7 Å². The maximum Gasteiger partial charge on any atom is 0.254 e. The standard InChI is InChI=1S/C27H32F2N2O6/c28-21-10-7-20(8-11-21)27(36)31-15-14-30(25(34)12-9-19-5-1-2-6-22(19)29)13-3-4-16-37-18-24(33)26(35)23(32)17-31/h1-2,5-12,23-24,26,32-33,35H,3-4,13-18H2/b12-9+/t23-,24+,26+/m0/s1. The van der Waals surface area contributed by atoms with E-state index >= 15 is 0 Å². The van der Waals surface area contributed by atoms with Gasteiger partial charge in [-0.2, -0.15) is 0 Å². The van der Waals surface area contributed by atoms with Crippen molar-refractivity contribution in [3.63, 3.8) is 0 Å². The molecule has 0 saturated carbocycles. The van der Waals surface area contributed by atoms with Gasteiger partial charge in [0.15, 0.2) is 0 Å². The van der Waals surface area contributed by atoms with Crippen molar-refractivity contribution >= 4 is 17.9 Å². The number of halogens is 2. The van der Waals surface area contributed by atoms with E-state index in [0.29, 0.717) is 19.4 Å². The Hall–Kier alpha value is -3.18. The Labute approximate surface area is 214 Å². The van der Waals surface area contributed by atoms with Crippen LogP contribution >= 0.6 is 0 Å². The van der Waals surface area contributed by atoms with Crippen LogP contribution in [0.25, 0.3) is 6.08 Å². The second-order valence-electron chi connectivity index (χ2n) is 8.85. The predicted molar refractivity (Wildman–Crippen MR) is 132 cm³/mol. The summed E-state index contributed by atoms with van der Waals surface area (Å²) in [7, 11) is 0. The summed E-state index contributed by atoms with van der Waals surface area (Å²) in [6.45, 7) is 0.128. The van der Waals surface area contributed by atoms with Gasteiger partial charge in [-0.25, -0.2) is 8.78 Å². The number of carbonyl (C=O) groups excluding carboxylic acids is 2. The van der Waals surface area contributed by atoms with Gasteiger partial charge in [-0.1, -0.05) is 18.2 Å². The number of benzene rings is 2. The van der Waals surface area contributed by atoms with Crippen LogP contribution in [0.1, 0.15) is 28.8 Å². The van der Waals surface area contributed by atoms with Gasteiger partial charge in [0.1, 0.15) is 29.9 Å². The van der Waals surface area contributed by atoms with E-state index in [1.165, 1.54) is 40.2 Å². The Kier molecular flexibility index (Phi) is 10.7. The van der Waals surface area contributed by atoms with Gasteiger partial charge in [0, 0.05) is 50.0 Å². The topological polar surface area (TPSA) is 111 Å². The number of aliphatic hydroxyl groups is 3. The first kappa shape index (κ1) is 28.4. The summed E-state index contributed by atoms with van der Waals surface area (Å²) in [5.74, 6) is -1.91. The number of aliphatic hydroxyl groups excluding tert-OH is 3. The van der Waals surface area contributed by atoms with Gasteiger partial charge in [-0.15, -0.1) is 0 Å². The number of β-amino-alcohol motifs (C(OH)–C–C–N with tert-alkyl or cyclic N) is 1. The minimum absolute atomic E-state index is 0.00807. The van der Waals surface area contributed by atoms with Crippen molar-refractivity contribution in [2.24, 2.45) is 0 Å². The highest BCUT2D eigenvalue weighted by molar-refractivity contribution is 5.94. The first-order valence-corrected chi connectivity index (χ1v) is 12.1. The van der Waals surface area contributed by atoms with Crippen molar-refractivity contribution in [2.45, 2.75) is 31.2 Å². The van der Waals surface area contributed by atoms with Gasteiger partial charge in [0.05, 0.1) is 6.61 Å². The molecule has 3 rings (SSSR count). The second-order valence-corrected chi connectivity index (χ2v) is 8.85. The molecule has 2 aromatic carbocycles. The third kappa shape index (κ3) is 8.43. The zero-order valence-electron chi connectivity index (χ0n) is 20.4. The molecule has 1 saturated heterocycles. The summed E-state index contributed by atoms with van der Waals surface area (Å²) in [5.41, 5.74) is 0.417. The molecule has 3 N–H and O–H groups in total. The van der Waals surface area contributed by atoms with Crippen molar-refractivity contribution in [1.82, 2.24) is 9.80 Å². The molecule has 37 heavy (non-hydrogen) atoms. The third-order valence-electron chi connectivity index (χ3n) is 6.09. The number of nitrogens with zero attached hydrogens (tertiary/aromatic N) is 2. The zero-order valence-corrected chi connectivity index (χ0v) is 20.4. The summed E-state index contributed by atoms with van der Waals surface area (Å²) < 4.78 is 32.7.